The zero-order valence-electron chi connectivity index (χ0n) is 6.33. The van der Waals surface area contributed by atoms with Crippen LogP contribution in [0.2, 0.25) is 0 Å². The van der Waals surface area contributed by atoms with Gasteiger partial charge in [-0.3, -0.25) is 0 Å². The molecule has 0 N–H and O–H groups in total. The van der Waals surface area contributed by atoms with Crippen molar-refractivity contribution in [2.45, 2.75) is 26.2 Å². The van der Waals surface area contributed by atoms with Crippen molar-refractivity contribution in [3.63, 3.8) is 0 Å². The Bertz CT molecular complexity index is 173. The quantitative estimate of drug-likeness (QED) is 0.442. The van der Waals surface area contributed by atoms with E-state index in [1.165, 1.54) is 12.2 Å². The summed E-state index contributed by atoms with van der Waals surface area (Å²) >= 11 is 0. The van der Waals surface area contributed by atoms with E-state index in [4.69, 9.17) is 0 Å². The van der Waals surface area contributed by atoms with Crippen LogP contribution in [0.4, 0.5) is 0 Å². The fourth-order valence-electron chi connectivity index (χ4n) is 0.577. The largest absolute Gasteiger partial charge is 0.237 e. The summed E-state index contributed by atoms with van der Waals surface area (Å²) in [5, 5.41) is 0. The van der Waals surface area contributed by atoms with Gasteiger partial charge in [-0.2, -0.15) is 9.98 Å². The lowest BCUT2D eigenvalue weighted by molar-refractivity contribution is 0.556. The van der Waals surface area contributed by atoms with E-state index in [9.17, 15) is 9.59 Å². The van der Waals surface area contributed by atoms with Gasteiger partial charge in [0, 0.05) is 0 Å². The summed E-state index contributed by atoms with van der Waals surface area (Å²) in [6.45, 7) is 1.99. The Hall–Kier alpha value is -1.24. The molecule has 0 aliphatic heterocycles. The number of isocyanates is 2. The molecule has 0 rings (SSSR count). The first-order chi connectivity index (χ1) is 5.35. The maximum atomic E-state index is 9.75. The third-order valence-corrected chi connectivity index (χ3v) is 1.10. The SMILES string of the molecule is CCCC[C](N=C=O)N=C=O. The molecule has 0 spiro atoms. The smallest absolute Gasteiger partial charge is 0.211 e. The monoisotopic (exact) mass is 153 g/mol. The molecular weight excluding hydrogens is 144 g/mol. The van der Waals surface area contributed by atoms with Crippen LogP contribution in [0.5, 0.6) is 0 Å². The first kappa shape index (κ1) is 9.76. The molecule has 0 aliphatic rings. The molecule has 0 aliphatic carbocycles. The number of rotatable bonds is 5. The van der Waals surface area contributed by atoms with Crippen LogP contribution >= 0.6 is 0 Å². The third-order valence-electron chi connectivity index (χ3n) is 1.10. The van der Waals surface area contributed by atoms with Gasteiger partial charge in [0.2, 0.25) is 18.3 Å². The average molecular weight is 153 g/mol. The summed E-state index contributed by atoms with van der Waals surface area (Å²) < 4.78 is 0. The maximum absolute atomic E-state index is 9.75. The zero-order chi connectivity index (χ0) is 8.53. The molecule has 59 valence electrons. The van der Waals surface area contributed by atoms with E-state index in [1.54, 1.807) is 0 Å². The maximum Gasteiger partial charge on any atom is 0.237 e. The van der Waals surface area contributed by atoms with Gasteiger partial charge in [-0.05, 0) is 12.8 Å². The first-order valence-corrected chi connectivity index (χ1v) is 3.36. The Morgan fingerprint density at radius 3 is 2.18 bits per heavy atom. The molecule has 0 atom stereocenters. The van der Waals surface area contributed by atoms with E-state index in [0.717, 1.165) is 12.8 Å². The van der Waals surface area contributed by atoms with Crippen LogP contribution in [0.15, 0.2) is 9.98 Å². The normalized spacial score (nSPS) is 8.55. The summed E-state index contributed by atoms with van der Waals surface area (Å²) in [6, 6.07) is 0. The van der Waals surface area contributed by atoms with Crippen LogP contribution in [0.3, 0.4) is 0 Å². The molecule has 0 heterocycles. The Morgan fingerprint density at radius 1 is 1.27 bits per heavy atom. The fourth-order valence-corrected chi connectivity index (χ4v) is 0.577. The highest BCUT2D eigenvalue weighted by atomic mass is 16.1. The number of unbranched alkanes of at least 4 members (excludes halogenated alkanes) is 1. The Balaban J connectivity index is 3.88. The number of hydrogen-bond donors (Lipinski definition) is 0. The fraction of sp³-hybridized carbons (Fsp3) is 0.571. The van der Waals surface area contributed by atoms with Crippen LogP contribution in [-0.2, 0) is 9.59 Å². The minimum atomic E-state index is 0.205. The predicted octanol–water partition coefficient (Wildman–Crippen LogP) is 1.34. The molecule has 0 aromatic rings. The Labute approximate surface area is 65.0 Å². The van der Waals surface area contributed by atoms with Crippen molar-refractivity contribution in [2.24, 2.45) is 9.98 Å². The van der Waals surface area contributed by atoms with Crippen molar-refractivity contribution >= 4 is 12.2 Å². The van der Waals surface area contributed by atoms with Crippen molar-refractivity contribution in [1.82, 2.24) is 0 Å². The van der Waals surface area contributed by atoms with Crippen LogP contribution < -0.4 is 0 Å². The number of nitrogens with zero attached hydrogens (tertiary/aromatic N) is 2. The van der Waals surface area contributed by atoms with Crippen molar-refractivity contribution in [3.05, 3.63) is 6.17 Å². The molecule has 0 saturated carbocycles. The first-order valence-electron chi connectivity index (χ1n) is 3.36. The molecule has 0 unspecified atom stereocenters. The van der Waals surface area contributed by atoms with Gasteiger partial charge in [0.25, 0.3) is 0 Å². The second-order valence-electron chi connectivity index (χ2n) is 1.93. The number of hydrogen-bond acceptors (Lipinski definition) is 4. The lowest BCUT2D eigenvalue weighted by Crippen LogP contribution is -1.88. The summed E-state index contributed by atoms with van der Waals surface area (Å²) in [6.07, 6.45) is 5.21. The van der Waals surface area contributed by atoms with E-state index in [1.807, 2.05) is 6.92 Å². The Kier molecular flexibility index (Phi) is 6.10. The topological polar surface area (TPSA) is 58.9 Å². The van der Waals surface area contributed by atoms with Gasteiger partial charge in [0.1, 0.15) is 0 Å². The molecule has 0 aromatic carbocycles. The van der Waals surface area contributed by atoms with Crippen molar-refractivity contribution in [2.75, 3.05) is 0 Å². The molecule has 0 saturated heterocycles. The summed E-state index contributed by atoms with van der Waals surface area (Å²) in [7, 11) is 0. The summed E-state index contributed by atoms with van der Waals surface area (Å²) in [4.78, 5) is 26.0. The molecule has 4 heteroatoms. The van der Waals surface area contributed by atoms with E-state index < -0.39 is 0 Å². The molecule has 0 fully saturated rings. The predicted molar refractivity (Wildman–Crippen MR) is 39.0 cm³/mol. The second kappa shape index (κ2) is 6.87. The average Bonchev–Trinajstić information content (AvgIpc) is 2.01. The highest BCUT2D eigenvalue weighted by Gasteiger charge is 2.03. The van der Waals surface area contributed by atoms with Crippen LogP contribution in [-0.4, -0.2) is 12.2 Å². The summed E-state index contributed by atoms with van der Waals surface area (Å²) in [5.41, 5.74) is 0. The van der Waals surface area contributed by atoms with E-state index in [0.29, 0.717) is 6.42 Å². The van der Waals surface area contributed by atoms with Gasteiger partial charge in [0.15, 0.2) is 0 Å². The van der Waals surface area contributed by atoms with Gasteiger partial charge < -0.3 is 0 Å². The molecule has 0 amide bonds. The van der Waals surface area contributed by atoms with E-state index in [2.05, 4.69) is 9.98 Å². The molecule has 1 radical (unpaired) electrons. The highest BCUT2D eigenvalue weighted by molar-refractivity contribution is 5.39. The van der Waals surface area contributed by atoms with Crippen LogP contribution in [0.25, 0.3) is 0 Å². The van der Waals surface area contributed by atoms with Gasteiger partial charge in [0.05, 0.1) is 0 Å². The molecule has 4 nitrogen and oxygen atoms in total. The van der Waals surface area contributed by atoms with Crippen LogP contribution in [0.1, 0.15) is 26.2 Å². The minimum absolute atomic E-state index is 0.205. The van der Waals surface area contributed by atoms with Crippen molar-refractivity contribution in [3.8, 4) is 0 Å². The van der Waals surface area contributed by atoms with Gasteiger partial charge in [-0.25, -0.2) is 9.59 Å². The highest BCUT2D eigenvalue weighted by Crippen LogP contribution is 2.11. The molecule has 0 aromatic heterocycles. The minimum Gasteiger partial charge on any atom is -0.211 e. The van der Waals surface area contributed by atoms with Crippen molar-refractivity contribution < 1.29 is 9.59 Å². The summed E-state index contributed by atoms with van der Waals surface area (Å²) in [5.74, 6) is 0. The van der Waals surface area contributed by atoms with Crippen LogP contribution in [0, 0.1) is 6.17 Å². The van der Waals surface area contributed by atoms with E-state index in [-0.39, 0.29) is 6.17 Å². The van der Waals surface area contributed by atoms with Gasteiger partial charge in [-0.15, -0.1) is 0 Å². The lowest BCUT2D eigenvalue weighted by Gasteiger charge is -1.97. The van der Waals surface area contributed by atoms with Gasteiger partial charge in [-0.1, -0.05) is 13.3 Å². The molecule has 11 heavy (non-hydrogen) atoms. The number of aliphatic imine (C=N–C) groups is 2. The third kappa shape index (κ3) is 5.22. The standard InChI is InChI=1S/C7H9N2O2/c1-2-3-4-7(8-5-10)9-6-11/h2-4H2,1H3. The number of carbonyl (C=O) groups excluding carboxylic acids is 2. The molecule has 0 bridgehead atoms. The lowest BCUT2D eigenvalue weighted by atomic mass is 10.2. The zero-order valence-corrected chi connectivity index (χ0v) is 6.33. The molecular formula is C7H9N2O2. The van der Waals surface area contributed by atoms with Gasteiger partial charge >= 0.3 is 0 Å². The Morgan fingerprint density at radius 2 is 1.82 bits per heavy atom. The van der Waals surface area contributed by atoms with E-state index >= 15 is 0 Å². The second-order valence-corrected chi connectivity index (χ2v) is 1.93. The van der Waals surface area contributed by atoms with Crippen molar-refractivity contribution in [1.29, 1.82) is 0 Å².